The predicted octanol–water partition coefficient (Wildman–Crippen LogP) is 1.64. The van der Waals surface area contributed by atoms with Crippen LogP contribution in [0.4, 0.5) is 4.79 Å². The van der Waals surface area contributed by atoms with Gasteiger partial charge in [-0.25, -0.2) is 4.79 Å². The van der Waals surface area contributed by atoms with Gasteiger partial charge in [-0.15, -0.1) is 0 Å². The van der Waals surface area contributed by atoms with Gasteiger partial charge in [0.1, 0.15) is 5.60 Å². The lowest BCUT2D eigenvalue weighted by molar-refractivity contribution is -0.135. The molecule has 0 bridgehead atoms. The van der Waals surface area contributed by atoms with E-state index in [-0.39, 0.29) is 24.1 Å². The lowest BCUT2D eigenvalue weighted by Crippen LogP contribution is -2.53. The Labute approximate surface area is 132 Å². The zero-order chi connectivity index (χ0) is 16.2. The summed E-state index contributed by atoms with van der Waals surface area (Å²) in [7, 11) is 0. The van der Waals surface area contributed by atoms with Gasteiger partial charge in [0.15, 0.2) is 0 Å². The SMILES string of the molecule is CC(C)(C)OC(=O)NC1CCN(C(=O)[C@@H]2CCCCN2)CC1. The van der Waals surface area contributed by atoms with E-state index in [4.69, 9.17) is 4.74 Å². The van der Waals surface area contributed by atoms with Crippen LogP contribution in [0.25, 0.3) is 0 Å². The lowest BCUT2D eigenvalue weighted by atomic mass is 10.0. The molecule has 0 spiro atoms. The van der Waals surface area contributed by atoms with Gasteiger partial charge in [0.25, 0.3) is 0 Å². The molecule has 2 N–H and O–H groups in total. The zero-order valence-corrected chi connectivity index (χ0v) is 14.0. The van der Waals surface area contributed by atoms with Crippen molar-refractivity contribution in [2.24, 2.45) is 0 Å². The van der Waals surface area contributed by atoms with Gasteiger partial charge < -0.3 is 20.3 Å². The van der Waals surface area contributed by atoms with Crippen LogP contribution in [0.2, 0.25) is 0 Å². The van der Waals surface area contributed by atoms with Crippen molar-refractivity contribution >= 4 is 12.0 Å². The Bertz CT molecular complexity index is 392. The van der Waals surface area contributed by atoms with Gasteiger partial charge in [-0.3, -0.25) is 4.79 Å². The van der Waals surface area contributed by atoms with Gasteiger partial charge in [0.05, 0.1) is 6.04 Å². The average molecular weight is 311 g/mol. The van der Waals surface area contributed by atoms with E-state index in [2.05, 4.69) is 10.6 Å². The molecule has 6 heteroatoms. The minimum absolute atomic E-state index is 0.0101. The Kier molecular flexibility index (Phi) is 5.67. The van der Waals surface area contributed by atoms with Crippen LogP contribution in [0, 0.1) is 0 Å². The van der Waals surface area contributed by atoms with E-state index < -0.39 is 5.60 Å². The first-order valence-electron chi connectivity index (χ1n) is 8.37. The Hall–Kier alpha value is -1.30. The molecule has 2 fully saturated rings. The summed E-state index contributed by atoms with van der Waals surface area (Å²) in [5, 5.41) is 6.20. The second kappa shape index (κ2) is 7.31. The first-order chi connectivity index (χ1) is 10.3. The summed E-state index contributed by atoms with van der Waals surface area (Å²) < 4.78 is 5.27. The van der Waals surface area contributed by atoms with Crippen LogP contribution < -0.4 is 10.6 Å². The third kappa shape index (κ3) is 5.16. The molecule has 0 aromatic heterocycles. The molecule has 2 saturated heterocycles. The van der Waals surface area contributed by atoms with Gasteiger partial charge in [-0.05, 0) is 53.0 Å². The lowest BCUT2D eigenvalue weighted by Gasteiger charge is -2.35. The number of carbonyl (C=O) groups is 2. The molecule has 2 heterocycles. The number of amides is 2. The fraction of sp³-hybridized carbons (Fsp3) is 0.875. The molecular formula is C16H29N3O3. The third-order valence-electron chi connectivity index (χ3n) is 4.14. The summed E-state index contributed by atoms with van der Waals surface area (Å²) in [5.74, 6) is 0.218. The van der Waals surface area contributed by atoms with E-state index >= 15 is 0 Å². The molecule has 126 valence electrons. The second-order valence-electron chi connectivity index (χ2n) is 7.25. The largest absolute Gasteiger partial charge is 0.444 e. The van der Waals surface area contributed by atoms with Crippen molar-refractivity contribution in [1.82, 2.24) is 15.5 Å². The average Bonchev–Trinajstić information content (AvgIpc) is 2.46. The zero-order valence-electron chi connectivity index (χ0n) is 14.0. The maximum Gasteiger partial charge on any atom is 0.407 e. The van der Waals surface area contributed by atoms with E-state index in [0.29, 0.717) is 13.1 Å². The maximum atomic E-state index is 12.4. The highest BCUT2D eigenvalue weighted by Crippen LogP contribution is 2.16. The number of nitrogens with one attached hydrogen (secondary N) is 2. The highest BCUT2D eigenvalue weighted by molar-refractivity contribution is 5.82. The minimum Gasteiger partial charge on any atom is -0.444 e. The highest BCUT2D eigenvalue weighted by Gasteiger charge is 2.30. The van der Waals surface area contributed by atoms with Crippen LogP contribution >= 0.6 is 0 Å². The normalized spacial score (nSPS) is 24.0. The summed E-state index contributed by atoms with van der Waals surface area (Å²) in [6.45, 7) is 7.91. The minimum atomic E-state index is -0.479. The summed E-state index contributed by atoms with van der Waals surface area (Å²) >= 11 is 0. The fourth-order valence-corrected chi connectivity index (χ4v) is 3.00. The summed E-state index contributed by atoms with van der Waals surface area (Å²) in [6, 6.07) is 0.0855. The van der Waals surface area contributed by atoms with E-state index in [9.17, 15) is 9.59 Å². The molecule has 22 heavy (non-hydrogen) atoms. The van der Waals surface area contributed by atoms with Gasteiger partial charge in [-0.1, -0.05) is 6.42 Å². The van der Waals surface area contributed by atoms with Crippen LogP contribution in [0.5, 0.6) is 0 Å². The first kappa shape index (κ1) is 17.1. The number of alkyl carbamates (subject to hydrolysis) is 1. The summed E-state index contributed by atoms with van der Waals surface area (Å²) in [4.78, 5) is 26.1. The van der Waals surface area contributed by atoms with Crippen molar-refractivity contribution in [3.8, 4) is 0 Å². The Morgan fingerprint density at radius 3 is 2.36 bits per heavy atom. The number of hydrogen-bond donors (Lipinski definition) is 2. The highest BCUT2D eigenvalue weighted by atomic mass is 16.6. The van der Waals surface area contributed by atoms with Gasteiger partial charge in [0, 0.05) is 19.1 Å². The van der Waals surface area contributed by atoms with Crippen molar-refractivity contribution in [2.75, 3.05) is 19.6 Å². The molecule has 1 atom stereocenters. The molecule has 0 aromatic rings. The molecule has 0 saturated carbocycles. The molecule has 6 nitrogen and oxygen atoms in total. The molecule has 0 unspecified atom stereocenters. The number of nitrogens with zero attached hydrogens (tertiary/aromatic N) is 1. The number of rotatable bonds is 2. The van der Waals surface area contributed by atoms with Crippen molar-refractivity contribution in [2.45, 2.75) is 70.6 Å². The third-order valence-corrected chi connectivity index (χ3v) is 4.14. The summed E-state index contributed by atoms with van der Waals surface area (Å²) in [6.07, 6.45) is 4.43. The molecule has 0 aromatic carbocycles. The number of likely N-dealkylation sites (tertiary alicyclic amines) is 1. The van der Waals surface area contributed by atoms with Gasteiger partial charge in [0.2, 0.25) is 5.91 Å². The van der Waals surface area contributed by atoms with Gasteiger partial charge >= 0.3 is 6.09 Å². The predicted molar refractivity (Wildman–Crippen MR) is 84.6 cm³/mol. The Morgan fingerprint density at radius 2 is 1.82 bits per heavy atom. The number of piperidine rings is 2. The van der Waals surface area contributed by atoms with E-state index in [1.165, 1.54) is 0 Å². The van der Waals surface area contributed by atoms with Crippen molar-refractivity contribution in [1.29, 1.82) is 0 Å². The maximum absolute atomic E-state index is 12.4. The first-order valence-corrected chi connectivity index (χ1v) is 8.37. The van der Waals surface area contributed by atoms with E-state index in [1.807, 2.05) is 25.7 Å². The topological polar surface area (TPSA) is 70.7 Å². The molecule has 2 aliphatic rings. The molecule has 0 radical (unpaired) electrons. The monoisotopic (exact) mass is 311 g/mol. The smallest absolute Gasteiger partial charge is 0.407 e. The molecular weight excluding hydrogens is 282 g/mol. The second-order valence-corrected chi connectivity index (χ2v) is 7.25. The van der Waals surface area contributed by atoms with Crippen molar-refractivity contribution in [3.05, 3.63) is 0 Å². The molecule has 0 aliphatic carbocycles. The molecule has 2 aliphatic heterocycles. The number of ether oxygens (including phenoxy) is 1. The van der Waals surface area contributed by atoms with E-state index in [0.717, 1.165) is 38.6 Å². The molecule has 2 rings (SSSR count). The van der Waals surface area contributed by atoms with Crippen LogP contribution in [-0.2, 0) is 9.53 Å². The van der Waals surface area contributed by atoms with Crippen LogP contribution in [0.3, 0.4) is 0 Å². The van der Waals surface area contributed by atoms with E-state index in [1.54, 1.807) is 0 Å². The van der Waals surface area contributed by atoms with Crippen molar-refractivity contribution in [3.63, 3.8) is 0 Å². The number of carbonyl (C=O) groups excluding carboxylic acids is 2. The van der Waals surface area contributed by atoms with Crippen LogP contribution in [0.1, 0.15) is 52.9 Å². The Balaban J connectivity index is 1.73. The van der Waals surface area contributed by atoms with Crippen LogP contribution in [0.15, 0.2) is 0 Å². The van der Waals surface area contributed by atoms with Gasteiger partial charge in [-0.2, -0.15) is 0 Å². The quantitative estimate of drug-likeness (QED) is 0.813. The van der Waals surface area contributed by atoms with Crippen molar-refractivity contribution < 1.29 is 14.3 Å². The standard InChI is InChI=1S/C16H29N3O3/c1-16(2,3)22-15(21)18-12-7-10-19(11-8-12)14(20)13-6-4-5-9-17-13/h12-13,17H,4-11H2,1-3H3,(H,18,21)/t13-/m0/s1. The Morgan fingerprint density at radius 1 is 1.14 bits per heavy atom. The summed E-state index contributed by atoms with van der Waals surface area (Å²) in [5.41, 5.74) is -0.479. The number of hydrogen-bond acceptors (Lipinski definition) is 4. The fourth-order valence-electron chi connectivity index (χ4n) is 3.00. The van der Waals surface area contributed by atoms with Crippen LogP contribution in [-0.4, -0.2) is 54.2 Å². The molecule has 2 amide bonds.